The second kappa shape index (κ2) is 7.11. The number of nitrogens with zero attached hydrogens (tertiary/aromatic N) is 4. The van der Waals surface area contributed by atoms with E-state index in [2.05, 4.69) is 39.3 Å². The van der Waals surface area contributed by atoms with Crippen LogP contribution in [0, 0.1) is 0 Å². The second-order valence-corrected chi connectivity index (χ2v) is 8.50. The summed E-state index contributed by atoms with van der Waals surface area (Å²) >= 11 is 1.73. The normalized spacial score (nSPS) is 15.9. The van der Waals surface area contributed by atoms with Crippen LogP contribution < -0.4 is 14.6 Å². The molecule has 7 nitrogen and oxygen atoms in total. The number of hydrogen-bond donors (Lipinski definition) is 1. The van der Waals surface area contributed by atoms with Crippen molar-refractivity contribution in [2.45, 2.75) is 26.3 Å². The number of H-pyrrole nitrogens is 1. The summed E-state index contributed by atoms with van der Waals surface area (Å²) in [5.74, 6) is 1.77. The highest BCUT2D eigenvalue weighted by atomic mass is 32.2. The van der Waals surface area contributed by atoms with Gasteiger partial charge in [0.1, 0.15) is 12.1 Å². The Kier molecular flexibility index (Phi) is 4.43. The molecular formula is C21H21N5O2S. The van der Waals surface area contributed by atoms with Gasteiger partial charge in [-0.2, -0.15) is 10.1 Å². The lowest BCUT2D eigenvalue weighted by Crippen LogP contribution is -2.19. The van der Waals surface area contributed by atoms with Crippen molar-refractivity contribution in [3.05, 3.63) is 63.7 Å². The highest BCUT2D eigenvalue weighted by Crippen LogP contribution is 2.46. The molecular weight excluding hydrogens is 386 g/mol. The van der Waals surface area contributed by atoms with Crippen molar-refractivity contribution in [1.82, 2.24) is 19.7 Å². The van der Waals surface area contributed by atoms with E-state index in [-0.39, 0.29) is 11.6 Å². The first-order valence-corrected chi connectivity index (χ1v) is 10.4. The monoisotopic (exact) mass is 407 g/mol. The van der Waals surface area contributed by atoms with E-state index < -0.39 is 0 Å². The Morgan fingerprint density at radius 2 is 2.07 bits per heavy atom. The number of benzene rings is 1. The van der Waals surface area contributed by atoms with Crippen LogP contribution in [-0.4, -0.2) is 32.9 Å². The van der Waals surface area contributed by atoms with Gasteiger partial charge in [0.15, 0.2) is 0 Å². The molecule has 2 aliphatic heterocycles. The van der Waals surface area contributed by atoms with Crippen molar-refractivity contribution in [3.63, 3.8) is 0 Å². The first-order chi connectivity index (χ1) is 14.1. The van der Waals surface area contributed by atoms with Crippen LogP contribution in [0.15, 0.2) is 52.6 Å². The zero-order valence-corrected chi connectivity index (χ0v) is 17.1. The van der Waals surface area contributed by atoms with Crippen LogP contribution in [0.1, 0.15) is 31.9 Å². The van der Waals surface area contributed by atoms with Gasteiger partial charge in [-0.25, -0.2) is 4.68 Å². The van der Waals surface area contributed by atoms with E-state index in [1.807, 2.05) is 22.9 Å². The van der Waals surface area contributed by atoms with Crippen LogP contribution in [0.4, 0.5) is 5.95 Å². The summed E-state index contributed by atoms with van der Waals surface area (Å²) in [5, 5.41) is 4.38. The van der Waals surface area contributed by atoms with Gasteiger partial charge in [-0.3, -0.25) is 9.10 Å². The van der Waals surface area contributed by atoms with Crippen LogP contribution in [0.3, 0.4) is 0 Å². The molecule has 2 aliphatic rings. The molecule has 0 amide bonds. The van der Waals surface area contributed by atoms with Crippen LogP contribution in [0.5, 0.6) is 5.75 Å². The molecule has 0 fully saturated rings. The van der Waals surface area contributed by atoms with Crippen LogP contribution >= 0.6 is 11.9 Å². The lowest BCUT2D eigenvalue weighted by Gasteiger charge is -2.20. The minimum atomic E-state index is -0.103. The summed E-state index contributed by atoms with van der Waals surface area (Å²) in [7, 11) is 0. The van der Waals surface area contributed by atoms with Gasteiger partial charge in [0.05, 0.1) is 19.2 Å². The molecule has 148 valence electrons. The van der Waals surface area contributed by atoms with Crippen molar-refractivity contribution in [2.75, 3.05) is 17.5 Å². The Hall–Kier alpha value is -3.00. The topological polar surface area (TPSA) is 76.0 Å². The van der Waals surface area contributed by atoms with Crippen molar-refractivity contribution in [2.24, 2.45) is 0 Å². The predicted octanol–water partition coefficient (Wildman–Crippen LogP) is 3.88. The molecule has 0 spiro atoms. The minimum Gasteiger partial charge on any atom is -0.493 e. The van der Waals surface area contributed by atoms with E-state index in [4.69, 9.17) is 4.74 Å². The summed E-state index contributed by atoms with van der Waals surface area (Å²) < 4.78 is 10.2. The average molecular weight is 407 g/mol. The van der Waals surface area contributed by atoms with E-state index in [1.54, 1.807) is 30.5 Å². The third-order valence-electron chi connectivity index (χ3n) is 5.13. The molecule has 29 heavy (non-hydrogen) atoms. The van der Waals surface area contributed by atoms with Gasteiger partial charge in [-0.15, -0.1) is 0 Å². The smallest absolute Gasteiger partial charge is 0.247 e. The Bertz CT molecular complexity index is 1140. The largest absolute Gasteiger partial charge is 0.493 e. The molecule has 1 N–H and O–H groups in total. The van der Waals surface area contributed by atoms with Crippen LogP contribution in [0.2, 0.25) is 0 Å². The Balaban J connectivity index is 1.53. The third kappa shape index (κ3) is 3.23. The van der Waals surface area contributed by atoms with E-state index in [0.717, 1.165) is 41.4 Å². The molecule has 0 atom stereocenters. The minimum absolute atomic E-state index is 0.103. The lowest BCUT2D eigenvalue weighted by molar-refractivity contribution is 0.326. The zero-order chi connectivity index (χ0) is 20.0. The van der Waals surface area contributed by atoms with Gasteiger partial charge in [0.25, 0.3) is 0 Å². The molecule has 8 heteroatoms. The van der Waals surface area contributed by atoms with Gasteiger partial charge in [0.2, 0.25) is 11.5 Å². The van der Waals surface area contributed by atoms with E-state index >= 15 is 0 Å². The number of fused-ring (bicyclic) bond motifs is 2. The SMILES string of the molecule is CC(C)n1ncnc1N1CC2=C(CCOc3ccc(-c4ccc(=O)[nH]c4)cc32)S1. The summed E-state index contributed by atoms with van der Waals surface area (Å²) in [4.78, 5) is 20.0. The summed E-state index contributed by atoms with van der Waals surface area (Å²) in [6.07, 6.45) is 4.23. The number of ether oxygens (including phenoxy) is 1. The quantitative estimate of drug-likeness (QED) is 0.664. The first-order valence-electron chi connectivity index (χ1n) is 9.63. The maximum absolute atomic E-state index is 11.4. The fourth-order valence-electron chi connectivity index (χ4n) is 3.70. The molecule has 0 bridgehead atoms. The van der Waals surface area contributed by atoms with Gasteiger partial charge >= 0.3 is 0 Å². The van der Waals surface area contributed by atoms with Gasteiger partial charge in [-0.05, 0) is 60.7 Å². The van der Waals surface area contributed by atoms with E-state index in [1.165, 1.54) is 10.5 Å². The van der Waals surface area contributed by atoms with Gasteiger partial charge in [0, 0.05) is 29.2 Å². The highest BCUT2D eigenvalue weighted by molar-refractivity contribution is 8.04. The first kappa shape index (κ1) is 18.1. The molecule has 0 unspecified atom stereocenters. The zero-order valence-electron chi connectivity index (χ0n) is 16.3. The van der Waals surface area contributed by atoms with Gasteiger partial charge in [-0.1, -0.05) is 6.07 Å². The van der Waals surface area contributed by atoms with Crippen LogP contribution in [0.25, 0.3) is 16.7 Å². The molecule has 2 aromatic heterocycles. The standard InChI is InChI=1S/C21H21N5O2S/c1-13(2)26-21(23-12-24-26)25-11-17-16-9-14(15-4-6-20(27)22-10-15)3-5-18(16)28-8-7-19(17)29-25/h3-6,9-10,12-13H,7-8,11H2,1-2H3,(H,22,27). The van der Waals surface area contributed by atoms with E-state index in [0.29, 0.717) is 6.61 Å². The molecule has 5 rings (SSSR count). The molecule has 3 aromatic rings. The molecule has 0 saturated carbocycles. The fraction of sp³-hybridized carbons (Fsp3) is 0.286. The Morgan fingerprint density at radius 1 is 1.21 bits per heavy atom. The summed E-state index contributed by atoms with van der Waals surface area (Å²) in [6.45, 7) is 5.62. The maximum atomic E-state index is 11.4. The number of nitrogens with one attached hydrogen (secondary N) is 1. The molecule has 0 saturated heterocycles. The van der Waals surface area contributed by atoms with Crippen molar-refractivity contribution in [3.8, 4) is 16.9 Å². The van der Waals surface area contributed by atoms with Crippen molar-refractivity contribution < 1.29 is 4.74 Å². The molecule has 4 heterocycles. The summed E-state index contributed by atoms with van der Waals surface area (Å²) in [6, 6.07) is 9.85. The number of anilines is 1. The van der Waals surface area contributed by atoms with Gasteiger partial charge < -0.3 is 9.72 Å². The maximum Gasteiger partial charge on any atom is 0.247 e. The molecule has 0 radical (unpaired) electrons. The molecule has 1 aromatic carbocycles. The number of aromatic nitrogens is 4. The van der Waals surface area contributed by atoms with Crippen LogP contribution in [-0.2, 0) is 0 Å². The molecule has 0 aliphatic carbocycles. The second-order valence-electron chi connectivity index (χ2n) is 7.38. The number of rotatable bonds is 3. The Morgan fingerprint density at radius 3 is 2.86 bits per heavy atom. The number of aromatic amines is 1. The average Bonchev–Trinajstić information content (AvgIpc) is 3.33. The fourth-order valence-corrected chi connectivity index (χ4v) is 4.83. The number of pyridine rings is 1. The van der Waals surface area contributed by atoms with E-state index in [9.17, 15) is 4.79 Å². The highest BCUT2D eigenvalue weighted by Gasteiger charge is 2.31. The summed E-state index contributed by atoms with van der Waals surface area (Å²) in [5.41, 5.74) is 4.29. The van der Waals surface area contributed by atoms with Crippen molar-refractivity contribution >= 4 is 23.5 Å². The number of hydrogen-bond acceptors (Lipinski definition) is 6. The Labute approximate surface area is 172 Å². The van der Waals surface area contributed by atoms with Crippen molar-refractivity contribution in [1.29, 1.82) is 0 Å². The lowest BCUT2D eigenvalue weighted by atomic mass is 9.98. The predicted molar refractivity (Wildman–Crippen MR) is 115 cm³/mol. The third-order valence-corrected chi connectivity index (χ3v) is 6.32.